The summed E-state index contributed by atoms with van der Waals surface area (Å²) in [7, 11) is -1.61. The lowest BCUT2D eigenvalue weighted by atomic mass is 9.94. The number of hydrogen-bond donors (Lipinski definition) is 2. The van der Waals surface area contributed by atoms with Crippen LogP contribution in [-0.2, 0) is 21.2 Å². The van der Waals surface area contributed by atoms with Crippen molar-refractivity contribution < 1.29 is 13.2 Å². The Balaban J connectivity index is 1.56. The van der Waals surface area contributed by atoms with Crippen molar-refractivity contribution in [2.75, 3.05) is 19.3 Å². The number of hydrogen-bond acceptors (Lipinski definition) is 7. The fraction of sp³-hybridized carbons (Fsp3) is 0.440. The van der Waals surface area contributed by atoms with E-state index in [1.165, 1.54) is 5.56 Å². The molecular weight excluding hydrogens is 468 g/mol. The van der Waals surface area contributed by atoms with Gasteiger partial charge in [-0.1, -0.05) is 36.4 Å². The summed E-state index contributed by atoms with van der Waals surface area (Å²) < 4.78 is 33.6. The Kier molecular flexibility index (Phi) is 7.65. The molecule has 3 unspecified atom stereocenters. The van der Waals surface area contributed by atoms with Gasteiger partial charge in [-0.05, 0) is 50.4 Å². The van der Waals surface area contributed by atoms with E-state index in [-0.39, 0.29) is 29.9 Å². The number of nitrogens with one attached hydrogen (secondary N) is 2. The number of nitriles is 1. The van der Waals surface area contributed by atoms with E-state index in [4.69, 9.17) is 4.74 Å². The number of ether oxygens (including phenoxy) is 1. The smallest absolute Gasteiger partial charge is 0.213 e. The predicted octanol–water partition coefficient (Wildman–Crippen LogP) is 3.82. The zero-order chi connectivity index (χ0) is 24.3. The molecule has 0 amide bonds. The number of allylic oxidation sites excluding steroid dienone is 2. The van der Waals surface area contributed by atoms with Gasteiger partial charge in [0.25, 0.3) is 0 Å². The fourth-order valence-corrected chi connectivity index (χ4v) is 6.65. The van der Waals surface area contributed by atoms with Crippen LogP contribution in [0.15, 0.2) is 42.6 Å². The summed E-state index contributed by atoms with van der Waals surface area (Å²) in [4.78, 5) is 5.67. The maximum absolute atomic E-state index is 12.4. The third-order valence-corrected chi connectivity index (χ3v) is 8.45. The molecule has 9 heteroatoms. The van der Waals surface area contributed by atoms with Crippen molar-refractivity contribution in [1.29, 1.82) is 5.26 Å². The minimum atomic E-state index is -3.35. The maximum atomic E-state index is 12.4. The quantitative estimate of drug-likeness (QED) is 0.545. The average molecular weight is 499 g/mol. The van der Waals surface area contributed by atoms with Crippen molar-refractivity contribution in [2.24, 2.45) is 5.92 Å². The second-order valence-electron chi connectivity index (χ2n) is 8.82. The monoisotopic (exact) mass is 498 g/mol. The summed E-state index contributed by atoms with van der Waals surface area (Å²) in [5.41, 5.74) is 4.23. The van der Waals surface area contributed by atoms with Gasteiger partial charge in [0.2, 0.25) is 10.0 Å². The van der Waals surface area contributed by atoms with Crippen LogP contribution in [0.25, 0.3) is 16.0 Å². The van der Waals surface area contributed by atoms with Crippen molar-refractivity contribution in [3.63, 3.8) is 0 Å². The summed E-state index contributed by atoms with van der Waals surface area (Å²) in [6, 6.07) is 8.19. The lowest BCUT2D eigenvalue weighted by Gasteiger charge is -2.23. The minimum absolute atomic E-state index is 0.0451. The van der Waals surface area contributed by atoms with Crippen molar-refractivity contribution in [2.45, 2.75) is 44.9 Å². The Labute approximate surface area is 205 Å². The number of nitrogens with zero attached hydrogens (tertiary/aromatic N) is 2. The van der Waals surface area contributed by atoms with Crippen LogP contribution in [0.4, 0.5) is 0 Å². The lowest BCUT2D eigenvalue weighted by molar-refractivity contribution is 0.0233. The molecule has 7 nitrogen and oxygen atoms in total. The van der Waals surface area contributed by atoms with Gasteiger partial charge >= 0.3 is 0 Å². The number of rotatable bonds is 9. The van der Waals surface area contributed by atoms with E-state index < -0.39 is 10.0 Å². The summed E-state index contributed by atoms with van der Waals surface area (Å²) in [6.07, 6.45) is 9.07. The summed E-state index contributed by atoms with van der Waals surface area (Å²) in [5.74, 6) is -0.296. The Hall–Kier alpha value is -2.35. The first-order valence-electron chi connectivity index (χ1n) is 11.5. The second-order valence-corrected chi connectivity index (χ2v) is 11.7. The van der Waals surface area contributed by atoms with Crippen LogP contribution in [0, 0.1) is 17.2 Å². The van der Waals surface area contributed by atoms with Crippen LogP contribution in [-0.4, -0.2) is 45.0 Å². The zero-order valence-electron chi connectivity index (χ0n) is 19.6. The molecule has 2 aromatic rings. The fourth-order valence-electron chi connectivity index (χ4n) is 4.41. The van der Waals surface area contributed by atoms with Gasteiger partial charge < -0.3 is 10.1 Å². The van der Waals surface area contributed by atoms with Gasteiger partial charge in [0, 0.05) is 24.4 Å². The van der Waals surface area contributed by atoms with Crippen molar-refractivity contribution >= 4 is 26.9 Å². The topological polar surface area (TPSA) is 104 Å². The molecular formula is C25H30N4O3S2. The summed E-state index contributed by atoms with van der Waals surface area (Å²) in [6.45, 7) is 4.34. The molecule has 0 saturated heterocycles. The zero-order valence-corrected chi connectivity index (χ0v) is 21.2. The number of fused-ring (bicyclic) bond motifs is 1. The van der Waals surface area contributed by atoms with Gasteiger partial charge in [-0.3, -0.25) is 0 Å². The van der Waals surface area contributed by atoms with Gasteiger partial charge in [-0.25, -0.2) is 18.1 Å². The minimum Gasteiger partial charge on any atom is -0.370 e. The molecule has 2 aliphatic rings. The summed E-state index contributed by atoms with van der Waals surface area (Å²) in [5, 5.41) is 13.3. The molecule has 1 aromatic carbocycles. The van der Waals surface area contributed by atoms with Gasteiger partial charge in [-0.15, -0.1) is 11.3 Å². The molecule has 34 heavy (non-hydrogen) atoms. The Bertz CT molecular complexity index is 1240. The maximum Gasteiger partial charge on any atom is 0.213 e. The van der Waals surface area contributed by atoms with Gasteiger partial charge in [0.05, 0.1) is 34.8 Å². The average Bonchev–Trinajstić information content (AvgIpc) is 3.45. The molecule has 1 aromatic heterocycles. The van der Waals surface area contributed by atoms with Gasteiger partial charge in [-0.2, -0.15) is 5.26 Å². The first kappa shape index (κ1) is 24.8. The second kappa shape index (κ2) is 10.5. The lowest BCUT2D eigenvalue weighted by Crippen LogP contribution is -2.33. The van der Waals surface area contributed by atoms with E-state index >= 15 is 0 Å². The highest BCUT2D eigenvalue weighted by Gasteiger charge is 2.29. The Morgan fingerprint density at radius 1 is 1.35 bits per heavy atom. The van der Waals surface area contributed by atoms with Crippen molar-refractivity contribution in [3.8, 4) is 16.5 Å². The first-order chi connectivity index (χ1) is 16.3. The normalized spacial score (nSPS) is 22.0. The van der Waals surface area contributed by atoms with Crippen LogP contribution < -0.4 is 10.0 Å². The predicted molar refractivity (Wildman–Crippen MR) is 136 cm³/mol. The van der Waals surface area contributed by atoms with Crippen LogP contribution in [0.5, 0.6) is 0 Å². The highest BCUT2D eigenvalue weighted by molar-refractivity contribution is 7.89. The number of thiazole rings is 1. The SMILES string of the molecule is CNCCS(=O)(=O)NC1CCc2c(-c3cnc(C4=CC(C#N)C(OC(C)C)C=C4)s3)cccc21. The number of benzene rings is 1. The van der Waals surface area contributed by atoms with E-state index in [0.29, 0.717) is 6.54 Å². The largest absolute Gasteiger partial charge is 0.370 e. The molecule has 0 aliphatic heterocycles. The molecule has 0 saturated carbocycles. The molecule has 3 atom stereocenters. The van der Waals surface area contributed by atoms with Gasteiger partial charge in [0.15, 0.2) is 0 Å². The van der Waals surface area contributed by atoms with E-state index in [1.807, 2.05) is 50.4 Å². The van der Waals surface area contributed by atoms with E-state index in [0.717, 1.165) is 39.4 Å². The van der Waals surface area contributed by atoms with Crippen LogP contribution in [0.2, 0.25) is 0 Å². The Morgan fingerprint density at radius 3 is 2.91 bits per heavy atom. The Morgan fingerprint density at radius 2 is 2.18 bits per heavy atom. The summed E-state index contributed by atoms with van der Waals surface area (Å²) >= 11 is 1.58. The van der Waals surface area contributed by atoms with Crippen LogP contribution in [0.1, 0.15) is 42.4 Å². The molecule has 0 spiro atoms. The molecule has 4 rings (SSSR count). The molecule has 2 N–H and O–H groups in total. The van der Waals surface area contributed by atoms with E-state index in [2.05, 4.69) is 27.2 Å². The van der Waals surface area contributed by atoms with E-state index in [9.17, 15) is 13.7 Å². The molecule has 1 heterocycles. The highest BCUT2D eigenvalue weighted by atomic mass is 32.2. The van der Waals surface area contributed by atoms with Crippen molar-refractivity contribution in [3.05, 3.63) is 58.8 Å². The number of aromatic nitrogens is 1. The van der Waals surface area contributed by atoms with Crippen LogP contribution in [0.3, 0.4) is 0 Å². The highest BCUT2D eigenvalue weighted by Crippen LogP contribution is 2.41. The first-order valence-corrected chi connectivity index (χ1v) is 14.0. The molecule has 0 radical (unpaired) electrons. The van der Waals surface area contributed by atoms with Crippen LogP contribution >= 0.6 is 11.3 Å². The molecule has 0 fully saturated rings. The third-order valence-electron chi connectivity index (χ3n) is 5.99. The van der Waals surface area contributed by atoms with E-state index in [1.54, 1.807) is 18.4 Å². The van der Waals surface area contributed by atoms with Crippen molar-refractivity contribution in [1.82, 2.24) is 15.0 Å². The molecule has 180 valence electrons. The molecule has 2 aliphatic carbocycles. The standard InChI is InChI=1S/C25H30N4O3S2/c1-16(2)32-23-10-7-17(13-18(23)14-26)25-28-15-24(33-25)21-6-4-5-20-19(21)8-9-22(20)29-34(30,31)12-11-27-3/h4-7,10,13,15-16,18,22-23,27,29H,8-9,11-12H2,1-3H3. The molecule has 0 bridgehead atoms. The number of sulfonamides is 1. The van der Waals surface area contributed by atoms with Gasteiger partial charge in [0.1, 0.15) is 5.01 Å². The third kappa shape index (κ3) is 5.48.